The third-order valence-corrected chi connectivity index (χ3v) is 4.23. The standard InChI is InChI=1S/C13H24F3NO/c1-8(2)11(7-17)12(18)9-4-3-5-10(6-9)13(14,15)16/h8-12,18H,3-7,17H2,1-2H3. The zero-order valence-electron chi connectivity index (χ0n) is 11.1. The Kier molecular flexibility index (Phi) is 5.46. The number of alkyl halides is 3. The number of aliphatic hydroxyl groups is 1. The van der Waals surface area contributed by atoms with Gasteiger partial charge in [-0.1, -0.05) is 20.3 Å². The van der Waals surface area contributed by atoms with Crippen LogP contribution in [0.2, 0.25) is 0 Å². The van der Waals surface area contributed by atoms with E-state index in [4.69, 9.17) is 5.73 Å². The number of nitrogens with two attached hydrogens (primary N) is 1. The first kappa shape index (κ1) is 15.8. The average Bonchev–Trinajstić information content (AvgIpc) is 2.28. The van der Waals surface area contributed by atoms with Crippen LogP contribution in [0.15, 0.2) is 0 Å². The van der Waals surface area contributed by atoms with E-state index in [1.165, 1.54) is 0 Å². The summed E-state index contributed by atoms with van der Waals surface area (Å²) in [7, 11) is 0. The Morgan fingerprint density at radius 3 is 2.33 bits per heavy atom. The Morgan fingerprint density at radius 1 is 1.28 bits per heavy atom. The third-order valence-electron chi connectivity index (χ3n) is 4.23. The molecule has 1 aliphatic rings. The Labute approximate surface area is 107 Å². The second kappa shape index (κ2) is 6.24. The van der Waals surface area contributed by atoms with Gasteiger partial charge in [-0.3, -0.25) is 0 Å². The molecule has 1 rings (SSSR count). The van der Waals surface area contributed by atoms with Crippen molar-refractivity contribution in [2.24, 2.45) is 29.4 Å². The summed E-state index contributed by atoms with van der Waals surface area (Å²) in [5, 5.41) is 10.2. The molecule has 0 amide bonds. The SMILES string of the molecule is CC(C)C(CN)C(O)C1CCCC(C(F)(F)F)C1. The van der Waals surface area contributed by atoms with Crippen molar-refractivity contribution in [3.63, 3.8) is 0 Å². The molecule has 0 bridgehead atoms. The lowest BCUT2D eigenvalue weighted by atomic mass is 9.73. The highest BCUT2D eigenvalue weighted by Crippen LogP contribution is 2.42. The predicted molar refractivity (Wildman–Crippen MR) is 64.9 cm³/mol. The molecular weight excluding hydrogens is 243 g/mol. The minimum atomic E-state index is -4.13. The van der Waals surface area contributed by atoms with Crippen molar-refractivity contribution in [3.05, 3.63) is 0 Å². The van der Waals surface area contributed by atoms with E-state index in [0.717, 1.165) is 0 Å². The molecule has 1 saturated carbocycles. The van der Waals surface area contributed by atoms with Gasteiger partial charge < -0.3 is 10.8 Å². The second-order valence-electron chi connectivity index (χ2n) is 5.80. The first-order chi connectivity index (χ1) is 8.27. The van der Waals surface area contributed by atoms with Crippen LogP contribution in [-0.4, -0.2) is 23.9 Å². The van der Waals surface area contributed by atoms with Gasteiger partial charge in [0, 0.05) is 0 Å². The van der Waals surface area contributed by atoms with Crippen LogP contribution in [0, 0.1) is 23.7 Å². The van der Waals surface area contributed by atoms with Crippen LogP contribution in [0.5, 0.6) is 0 Å². The first-order valence-corrected chi connectivity index (χ1v) is 6.72. The van der Waals surface area contributed by atoms with Gasteiger partial charge in [0.2, 0.25) is 0 Å². The van der Waals surface area contributed by atoms with Crippen LogP contribution >= 0.6 is 0 Å². The molecule has 4 unspecified atom stereocenters. The first-order valence-electron chi connectivity index (χ1n) is 6.72. The van der Waals surface area contributed by atoms with Crippen LogP contribution in [0.25, 0.3) is 0 Å². The largest absolute Gasteiger partial charge is 0.392 e. The van der Waals surface area contributed by atoms with Crippen molar-refractivity contribution in [1.82, 2.24) is 0 Å². The molecule has 18 heavy (non-hydrogen) atoms. The maximum atomic E-state index is 12.7. The van der Waals surface area contributed by atoms with E-state index in [-0.39, 0.29) is 30.6 Å². The van der Waals surface area contributed by atoms with Gasteiger partial charge in [-0.25, -0.2) is 0 Å². The summed E-state index contributed by atoms with van der Waals surface area (Å²) in [6, 6.07) is 0. The number of halogens is 3. The number of hydrogen-bond acceptors (Lipinski definition) is 2. The summed E-state index contributed by atoms with van der Waals surface area (Å²) in [6.07, 6.45) is -3.37. The third kappa shape index (κ3) is 3.85. The van der Waals surface area contributed by atoms with E-state index in [9.17, 15) is 18.3 Å². The molecule has 1 fully saturated rings. The van der Waals surface area contributed by atoms with Gasteiger partial charge in [-0.05, 0) is 43.6 Å². The summed E-state index contributed by atoms with van der Waals surface area (Å²) < 4.78 is 38.1. The van der Waals surface area contributed by atoms with Gasteiger partial charge in [0.15, 0.2) is 0 Å². The Bertz CT molecular complexity index is 255. The van der Waals surface area contributed by atoms with Crippen molar-refractivity contribution in [2.75, 3.05) is 6.54 Å². The smallest absolute Gasteiger partial charge is 0.391 e. The molecule has 108 valence electrons. The molecule has 4 atom stereocenters. The van der Waals surface area contributed by atoms with E-state index in [1.54, 1.807) is 0 Å². The topological polar surface area (TPSA) is 46.2 Å². The number of aliphatic hydroxyl groups excluding tert-OH is 1. The van der Waals surface area contributed by atoms with Crippen molar-refractivity contribution >= 4 is 0 Å². The molecule has 5 heteroatoms. The molecule has 1 aliphatic carbocycles. The molecule has 2 nitrogen and oxygen atoms in total. The number of hydrogen-bond donors (Lipinski definition) is 2. The van der Waals surface area contributed by atoms with E-state index in [1.807, 2.05) is 13.8 Å². The molecule has 0 aromatic heterocycles. The monoisotopic (exact) mass is 267 g/mol. The van der Waals surface area contributed by atoms with Crippen molar-refractivity contribution in [1.29, 1.82) is 0 Å². The maximum Gasteiger partial charge on any atom is 0.391 e. The molecule has 0 spiro atoms. The van der Waals surface area contributed by atoms with E-state index in [2.05, 4.69) is 0 Å². The van der Waals surface area contributed by atoms with E-state index in [0.29, 0.717) is 19.4 Å². The fraction of sp³-hybridized carbons (Fsp3) is 1.00. The van der Waals surface area contributed by atoms with Crippen LogP contribution in [0.1, 0.15) is 39.5 Å². The van der Waals surface area contributed by atoms with Crippen LogP contribution in [-0.2, 0) is 0 Å². The lowest BCUT2D eigenvalue weighted by Gasteiger charge is -2.37. The lowest BCUT2D eigenvalue weighted by molar-refractivity contribution is -0.190. The summed E-state index contributed by atoms with van der Waals surface area (Å²) >= 11 is 0. The van der Waals surface area contributed by atoms with Gasteiger partial charge in [0.25, 0.3) is 0 Å². The highest BCUT2D eigenvalue weighted by molar-refractivity contribution is 4.85. The summed E-state index contributed by atoms with van der Waals surface area (Å²) in [4.78, 5) is 0. The van der Waals surface area contributed by atoms with Gasteiger partial charge >= 0.3 is 6.18 Å². The van der Waals surface area contributed by atoms with Gasteiger partial charge in [-0.15, -0.1) is 0 Å². The molecular formula is C13H24F3NO. The molecule has 0 aromatic rings. The van der Waals surface area contributed by atoms with Crippen molar-refractivity contribution in [3.8, 4) is 0 Å². The average molecular weight is 267 g/mol. The molecule has 0 saturated heterocycles. The second-order valence-corrected chi connectivity index (χ2v) is 5.80. The van der Waals surface area contributed by atoms with E-state index >= 15 is 0 Å². The van der Waals surface area contributed by atoms with Crippen LogP contribution in [0.3, 0.4) is 0 Å². The Morgan fingerprint density at radius 2 is 1.89 bits per heavy atom. The van der Waals surface area contributed by atoms with E-state index < -0.39 is 18.2 Å². The minimum absolute atomic E-state index is 0.0495. The predicted octanol–water partition coefficient (Wildman–Crippen LogP) is 2.95. The van der Waals surface area contributed by atoms with Crippen LogP contribution in [0.4, 0.5) is 13.2 Å². The molecule has 3 N–H and O–H groups in total. The van der Waals surface area contributed by atoms with Gasteiger partial charge in [0.05, 0.1) is 12.0 Å². The fourth-order valence-electron chi connectivity index (χ4n) is 2.99. The molecule has 0 aromatic carbocycles. The molecule has 0 radical (unpaired) electrons. The highest BCUT2D eigenvalue weighted by atomic mass is 19.4. The summed E-state index contributed by atoms with van der Waals surface area (Å²) in [5.74, 6) is -1.43. The zero-order chi connectivity index (χ0) is 13.9. The van der Waals surface area contributed by atoms with Gasteiger partial charge in [-0.2, -0.15) is 13.2 Å². The van der Waals surface area contributed by atoms with Gasteiger partial charge in [0.1, 0.15) is 0 Å². The number of rotatable bonds is 4. The molecule has 0 heterocycles. The fourth-order valence-corrected chi connectivity index (χ4v) is 2.99. The minimum Gasteiger partial charge on any atom is -0.392 e. The molecule has 0 aliphatic heterocycles. The Hall–Kier alpha value is -0.290. The summed E-state index contributed by atoms with van der Waals surface area (Å²) in [5.41, 5.74) is 5.62. The van der Waals surface area contributed by atoms with Crippen LogP contribution < -0.4 is 5.73 Å². The van der Waals surface area contributed by atoms with Crippen molar-refractivity contribution < 1.29 is 18.3 Å². The zero-order valence-corrected chi connectivity index (χ0v) is 11.1. The van der Waals surface area contributed by atoms with Crippen molar-refractivity contribution in [2.45, 2.75) is 51.8 Å². The summed E-state index contributed by atoms with van der Waals surface area (Å²) in [6.45, 7) is 4.22. The normalized spacial score (nSPS) is 29.3. The maximum absolute atomic E-state index is 12.7. The lowest BCUT2D eigenvalue weighted by Crippen LogP contribution is -2.41. The highest BCUT2D eigenvalue weighted by Gasteiger charge is 2.44. The Balaban J connectivity index is 2.66. The quantitative estimate of drug-likeness (QED) is 0.822.